The van der Waals surface area contributed by atoms with E-state index in [0.29, 0.717) is 5.92 Å². The van der Waals surface area contributed by atoms with Crippen molar-refractivity contribution in [1.82, 2.24) is 4.90 Å². The molecule has 0 rings (SSSR count). The summed E-state index contributed by atoms with van der Waals surface area (Å²) in [5.41, 5.74) is 0. The second-order valence-electron chi connectivity index (χ2n) is 3.40. The molecule has 0 saturated heterocycles. The molecule has 0 aromatic rings. The lowest BCUT2D eigenvalue weighted by molar-refractivity contribution is 0.107. The van der Waals surface area contributed by atoms with Crippen molar-refractivity contribution in [3.05, 3.63) is 0 Å². The lowest BCUT2D eigenvalue weighted by Crippen LogP contribution is -2.22. The highest BCUT2D eigenvalue weighted by Crippen LogP contribution is 2.04. The second kappa shape index (κ2) is 4.69. The molecule has 0 aromatic carbocycles. The van der Waals surface area contributed by atoms with Crippen LogP contribution in [-0.4, -0.2) is 36.8 Å². The molecule has 0 aliphatic heterocycles. The molecule has 0 amide bonds. The zero-order valence-electron chi connectivity index (χ0n) is 7.46. The van der Waals surface area contributed by atoms with Crippen molar-refractivity contribution in [2.24, 2.45) is 5.92 Å². The highest BCUT2D eigenvalue weighted by molar-refractivity contribution is 4.60. The van der Waals surface area contributed by atoms with Gasteiger partial charge in [0, 0.05) is 0 Å². The van der Waals surface area contributed by atoms with Gasteiger partial charge < -0.3 is 10.0 Å². The maximum atomic E-state index is 9.35. The lowest BCUT2D eigenvalue weighted by atomic mass is 10.0. The number of rotatable bonds is 4. The van der Waals surface area contributed by atoms with Gasteiger partial charge in [0.25, 0.3) is 0 Å². The summed E-state index contributed by atoms with van der Waals surface area (Å²) in [5, 5.41) is 9.35. The summed E-state index contributed by atoms with van der Waals surface area (Å²) in [4.78, 5) is 2.09. The number of aliphatic hydroxyl groups is 1. The molecule has 0 saturated carbocycles. The molecule has 62 valence electrons. The van der Waals surface area contributed by atoms with Crippen molar-refractivity contribution in [1.29, 1.82) is 0 Å². The molecule has 0 spiro atoms. The van der Waals surface area contributed by atoms with E-state index >= 15 is 0 Å². The van der Waals surface area contributed by atoms with E-state index in [1.54, 1.807) is 0 Å². The molecule has 0 aliphatic rings. The quantitative estimate of drug-likeness (QED) is 0.637. The maximum absolute atomic E-state index is 9.35. The van der Waals surface area contributed by atoms with Gasteiger partial charge in [-0.15, -0.1) is 0 Å². The largest absolute Gasteiger partial charge is 0.393 e. The maximum Gasteiger partial charge on any atom is 0.0575 e. The van der Waals surface area contributed by atoms with Gasteiger partial charge in [0.05, 0.1) is 6.10 Å². The predicted octanol–water partition coefficient (Wildman–Crippen LogP) is 0.955. The zero-order chi connectivity index (χ0) is 8.15. The standard InChI is InChI=1S/C8H19NO/c1-7(2)8(10)5-6-9(3)4/h7-8,10H,5-6H2,1-4H3. The number of hydrogen-bond donors (Lipinski definition) is 1. The van der Waals surface area contributed by atoms with Gasteiger partial charge in [0.1, 0.15) is 0 Å². The Balaban J connectivity index is 3.30. The third-order valence-corrected chi connectivity index (χ3v) is 1.64. The first-order chi connectivity index (χ1) is 4.54. The zero-order valence-corrected chi connectivity index (χ0v) is 7.46. The Hall–Kier alpha value is -0.0800. The Bertz CT molecular complexity index is 81.3. The SMILES string of the molecule is CC(C)C(O)CCN(C)C. The molecule has 1 atom stereocenters. The van der Waals surface area contributed by atoms with Crippen LogP contribution in [0.2, 0.25) is 0 Å². The smallest absolute Gasteiger partial charge is 0.0575 e. The molecular formula is C8H19NO. The molecule has 0 aromatic heterocycles. The van der Waals surface area contributed by atoms with Crippen LogP contribution < -0.4 is 0 Å². The van der Waals surface area contributed by atoms with E-state index in [4.69, 9.17) is 0 Å². The summed E-state index contributed by atoms with van der Waals surface area (Å²) in [6.07, 6.45) is 0.743. The van der Waals surface area contributed by atoms with E-state index in [9.17, 15) is 5.11 Å². The molecular weight excluding hydrogens is 126 g/mol. The van der Waals surface area contributed by atoms with E-state index < -0.39 is 0 Å². The van der Waals surface area contributed by atoms with Gasteiger partial charge >= 0.3 is 0 Å². The van der Waals surface area contributed by atoms with Gasteiger partial charge in [0.15, 0.2) is 0 Å². The fraction of sp³-hybridized carbons (Fsp3) is 1.00. The first-order valence-corrected chi connectivity index (χ1v) is 3.87. The Morgan fingerprint density at radius 2 is 1.80 bits per heavy atom. The van der Waals surface area contributed by atoms with Crippen LogP contribution in [-0.2, 0) is 0 Å². The summed E-state index contributed by atoms with van der Waals surface area (Å²) < 4.78 is 0. The van der Waals surface area contributed by atoms with Crippen LogP contribution in [0.3, 0.4) is 0 Å². The molecule has 2 heteroatoms. The van der Waals surface area contributed by atoms with E-state index in [-0.39, 0.29) is 6.10 Å². The molecule has 1 N–H and O–H groups in total. The number of nitrogens with zero attached hydrogens (tertiary/aromatic N) is 1. The summed E-state index contributed by atoms with van der Waals surface area (Å²) in [7, 11) is 4.04. The van der Waals surface area contributed by atoms with Crippen molar-refractivity contribution < 1.29 is 5.11 Å². The minimum atomic E-state index is -0.137. The predicted molar refractivity (Wildman–Crippen MR) is 44.0 cm³/mol. The molecule has 1 unspecified atom stereocenters. The highest BCUT2D eigenvalue weighted by Gasteiger charge is 2.08. The first-order valence-electron chi connectivity index (χ1n) is 3.87. The van der Waals surface area contributed by atoms with Gasteiger partial charge in [-0.2, -0.15) is 0 Å². The molecule has 0 fully saturated rings. The van der Waals surface area contributed by atoms with Crippen LogP contribution >= 0.6 is 0 Å². The van der Waals surface area contributed by atoms with E-state index in [1.807, 2.05) is 27.9 Å². The van der Waals surface area contributed by atoms with Gasteiger partial charge in [-0.3, -0.25) is 0 Å². The van der Waals surface area contributed by atoms with Crippen molar-refractivity contribution in [3.63, 3.8) is 0 Å². The Morgan fingerprint density at radius 3 is 2.10 bits per heavy atom. The topological polar surface area (TPSA) is 23.5 Å². The summed E-state index contributed by atoms with van der Waals surface area (Å²) >= 11 is 0. The van der Waals surface area contributed by atoms with E-state index in [0.717, 1.165) is 13.0 Å². The monoisotopic (exact) mass is 145 g/mol. The van der Waals surface area contributed by atoms with E-state index in [2.05, 4.69) is 4.90 Å². The fourth-order valence-electron chi connectivity index (χ4n) is 0.724. The Labute approximate surface area is 63.8 Å². The van der Waals surface area contributed by atoms with Gasteiger partial charge in [-0.1, -0.05) is 13.8 Å². The minimum Gasteiger partial charge on any atom is -0.393 e. The van der Waals surface area contributed by atoms with Crippen LogP contribution in [0, 0.1) is 5.92 Å². The molecule has 10 heavy (non-hydrogen) atoms. The van der Waals surface area contributed by atoms with Gasteiger partial charge in [-0.05, 0) is 33.0 Å². The molecule has 0 radical (unpaired) electrons. The average Bonchev–Trinajstić information content (AvgIpc) is 1.82. The normalized spacial score (nSPS) is 14.7. The van der Waals surface area contributed by atoms with Gasteiger partial charge in [-0.25, -0.2) is 0 Å². The number of aliphatic hydroxyl groups excluding tert-OH is 1. The lowest BCUT2D eigenvalue weighted by Gasteiger charge is -2.16. The van der Waals surface area contributed by atoms with Crippen molar-refractivity contribution in [2.45, 2.75) is 26.4 Å². The Kier molecular flexibility index (Phi) is 4.65. The first kappa shape index (κ1) is 9.92. The fourth-order valence-corrected chi connectivity index (χ4v) is 0.724. The van der Waals surface area contributed by atoms with Crippen LogP contribution in [0.4, 0.5) is 0 Å². The summed E-state index contributed by atoms with van der Waals surface area (Å²) in [6.45, 7) is 5.06. The summed E-state index contributed by atoms with van der Waals surface area (Å²) in [6, 6.07) is 0. The van der Waals surface area contributed by atoms with Crippen molar-refractivity contribution in [3.8, 4) is 0 Å². The summed E-state index contributed by atoms with van der Waals surface area (Å²) in [5.74, 6) is 0.389. The molecule has 2 nitrogen and oxygen atoms in total. The number of hydrogen-bond acceptors (Lipinski definition) is 2. The third-order valence-electron chi connectivity index (χ3n) is 1.64. The van der Waals surface area contributed by atoms with Crippen LogP contribution in [0.1, 0.15) is 20.3 Å². The molecule has 0 heterocycles. The van der Waals surface area contributed by atoms with Crippen LogP contribution in [0.15, 0.2) is 0 Å². The van der Waals surface area contributed by atoms with Crippen molar-refractivity contribution >= 4 is 0 Å². The van der Waals surface area contributed by atoms with Gasteiger partial charge in [0.2, 0.25) is 0 Å². The van der Waals surface area contributed by atoms with Crippen molar-refractivity contribution in [2.75, 3.05) is 20.6 Å². The average molecular weight is 145 g/mol. The molecule has 0 bridgehead atoms. The minimum absolute atomic E-state index is 0.137. The highest BCUT2D eigenvalue weighted by atomic mass is 16.3. The third kappa shape index (κ3) is 4.77. The molecule has 0 aliphatic carbocycles. The Morgan fingerprint density at radius 1 is 1.30 bits per heavy atom. The second-order valence-corrected chi connectivity index (χ2v) is 3.40. The van der Waals surface area contributed by atoms with E-state index in [1.165, 1.54) is 0 Å². The van der Waals surface area contributed by atoms with Crippen LogP contribution in [0.25, 0.3) is 0 Å². The van der Waals surface area contributed by atoms with Crippen LogP contribution in [0.5, 0.6) is 0 Å².